The van der Waals surface area contributed by atoms with E-state index in [9.17, 15) is 14.3 Å². The van der Waals surface area contributed by atoms with Gasteiger partial charge in [-0.25, -0.2) is 18.2 Å². The Balaban J connectivity index is 1.50. The SMILES string of the molecule is COc1cnc2[nH]cc(C(=O)c3c(F)cc(Oc4ccccc4F)cc3F)c2c1N[C@@H]1CC[C@@H](CO)OC1. The second-order valence-electron chi connectivity index (χ2n) is 8.81. The summed E-state index contributed by atoms with van der Waals surface area (Å²) < 4.78 is 60.5. The highest BCUT2D eigenvalue weighted by atomic mass is 19.1. The lowest BCUT2D eigenvalue weighted by Crippen LogP contribution is -2.36. The Hall–Kier alpha value is -4.09. The zero-order valence-corrected chi connectivity index (χ0v) is 20.3. The largest absolute Gasteiger partial charge is 0.493 e. The maximum Gasteiger partial charge on any atom is 0.201 e. The molecular weight excluding hydrogens is 503 g/mol. The van der Waals surface area contributed by atoms with Crippen LogP contribution in [0.2, 0.25) is 0 Å². The number of aromatic amines is 1. The topological polar surface area (TPSA) is 106 Å². The predicted octanol–water partition coefficient (Wildman–Crippen LogP) is 4.96. The lowest BCUT2D eigenvalue weighted by atomic mass is 10.00. The summed E-state index contributed by atoms with van der Waals surface area (Å²) in [7, 11) is 1.44. The molecule has 5 rings (SSSR count). The molecule has 3 heterocycles. The van der Waals surface area contributed by atoms with Crippen LogP contribution in [-0.4, -0.2) is 53.3 Å². The molecular formula is C27H24F3N3O5. The minimum atomic E-state index is -1.17. The summed E-state index contributed by atoms with van der Waals surface area (Å²) in [6, 6.07) is 6.91. The average Bonchev–Trinajstić information content (AvgIpc) is 3.35. The maximum absolute atomic E-state index is 15.1. The van der Waals surface area contributed by atoms with Gasteiger partial charge in [-0.05, 0) is 25.0 Å². The molecule has 2 atom stereocenters. The number of pyridine rings is 1. The average molecular weight is 527 g/mol. The Morgan fingerprint density at radius 1 is 1.16 bits per heavy atom. The molecule has 198 valence electrons. The van der Waals surface area contributed by atoms with Crippen molar-refractivity contribution < 1.29 is 37.3 Å². The number of aliphatic hydroxyl groups excluding tert-OH is 1. The van der Waals surface area contributed by atoms with E-state index in [-0.39, 0.29) is 35.8 Å². The van der Waals surface area contributed by atoms with E-state index in [4.69, 9.17) is 14.2 Å². The van der Waals surface area contributed by atoms with E-state index in [1.165, 1.54) is 37.7 Å². The van der Waals surface area contributed by atoms with Gasteiger partial charge in [0.15, 0.2) is 17.3 Å². The normalized spacial score (nSPS) is 17.4. The van der Waals surface area contributed by atoms with E-state index in [1.54, 1.807) is 0 Å². The fourth-order valence-corrected chi connectivity index (χ4v) is 4.44. The molecule has 0 saturated carbocycles. The first-order valence-corrected chi connectivity index (χ1v) is 11.9. The van der Waals surface area contributed by atoms with E-state index in [1.807, 2.05) is 0 Å². The van der Waals surface area contributed by atoms with Gasteiger partial charge in [-0.2, -0.15) is 0 Å². The van der Waals surface area contributed by atoms with Crippen LogP contribution in [0.3, 0.4) is 0 Å². The van der Waals surface area contributed by atoms with E-state index >= 15 is 8.78 Å². The zero-order valence-electron chi connectivity index (χ0n) is 20.3. The number of aromatic nitrogens is 2. The van der Waals surface area contributed by atoms with Crippen molar-refractivity contribution in [2.75, 3.05) is 25.6 Å². The first-order valence-electron chi connectivity index (χ1n) is 11.9. The number of H-pyrrole nitrogens is 1. The van der Waals surface area contributed by atoms with Crippen LogP contribution in [0.4, 0.5) is 18.9 Å². The third-order valence-electron chi connectivity index (χ3n) is 6.36. The van der Waals surface area contributed by atoms with E-state index in [2.05, 4.69) is 15.3 Å². The first-order chi connectivity index (χ1) is 18.4. The van der Waals surface area contributed by atoms with Crippen molar-refractivity contribution in [2.24, 2.45) is 0 Å². The summed E-state index contributed by atoms with van der Waals surface area (Å²) in [5.41, 5.74) is -0.104. The maximum atomic E-state index is 15.1. The summed E-state index contributed by atoms with van der Waals surface area (Å²) in [6.45, 7) is 0.228. The third kappa shape index (κ3) is 4.90. The number of ether oxygens (including phenoxy) is 3. The molecule has 2 aromatic carbocycles. The lowest BCUT2D eigenvalue weighted by Gasteiger charge is -2.29. The van der Waals surface area contributed by atoms with Crippen LogP contribution in [-0.2, 0) is 4.74 Å². The van der Waals surface area contributed by atoms with Crippen LogP contribution in [0, 0.1) is 17.5 Å². The fourth-order valence-electron chi connectivity index (χ4n) is 4.44. The molecule has 8 nitrogen and oxygen atoms in total. The Kier molecular flexibility index (Phi) is 7.21. The van der Waals surface area contributed by atoms with Crippen molar-refractivity contribution in [1.29, 1.82) is 0 Å². The number of benzene rings is 2. The molecule has 0 unspecified atom stereocenters. The Labute approximate surface area is 215 Å². The number of methoxy groups -OCH3 is 1. The van der Waals surface area contributed by atoms with Gasteiger partial charge in [-0.15, -0.1) is 0 Å². The molecule has 0 bridgehead atoms. The van der Waals surface area contributed by atoms with Gasteiger partial charge < -0.3 is 29.6 Å². The van der Waals surface area contributed by atoms with Crippen molar-refractivity contribution in [3.05, 3.63) is 77.4 Å². The number of nitrogens with zero attached hydrogens (tertiary/aromatic N) is 1. The lowest BCUT2D eigenvalue weighted by molar-refractivity contribution is -0.0223. The fraction of sp³-hybridized carbons (Fsp3) is 0.259. The molecule has 4 aromatic rings. The molecule has 2 aromatic heterocycles. The third-order valence-corrected chi connectivity index (χ3v) is 6.36. The van der Waals surface area contributed by atoms with Crippen LogP contribution in [0.5, 0.6) is 17.2 Å². The van der Waals surface area contributed by atoms with Crippen LogP contribution < -0.4 is 14.8 Å². The van der Waals surface area contributed by atoms with Crippen molar-refractivity contribution >= 4 is 22.5 Å². The molecule has 1 aliphatic heterocycles. The molecule has 1 fully saturated rings. The number of ketones is 1. The van der Waals surface area contributed by atoms with E-state index in [0.29, 0.717) is 41.9 Å². The minimum Gasteiger partial charge on any atom is -0.493 e. The zero-order chi connectivity index (χ0) is 26.8. The Bertz CT molecular complexity index is 1460. The van der Waals surface area contributed by atoms with Gasteiger partial charge in [0, 0.05) is 24.4 Å². The van der Waals surface area contributed by atoms with Crippen molar-refractivity contribution in [3.8, 4) is 17.2 Å². The molecule has 0 spiro atoms. The van der Waals surface area contributed by atoms with Crippen LogP contribution in [0.25, 0.3) is 11.0 Å². The molecule has 1 saturated heterocycles. The summed E-state index contributed by atoms with van der Waals surface area (Å²) in [6.07, 6.45) is 3.85. The van der Waals surface area contributed by atoms with Gasteiger partial charge in [0.2, 0.25) is 5.78 Å². The number of para-hydroxylation sites is 1. The number of carbonyl (C=O) groups excluding carboxylic acids is 1. The number of halogens is 3. The highest BCUT2D eigenvalue weighted by molar-refractivity contribution is 6.19. The van der Waals surface area contributed by atoms with Gasteiger partial charge in [0.1, 0.15) is 23.0 Å². The van der Waals surface area contributed by atoms with Gasteiger partial charge in [-0.3, -0.25) is 4.79 Å². The molecule has 1 aliphatic rings. The van der Waals surface area contributed by atoms with E-state index < -0.39 is 28.8 Å². The van der Waals surface area contributed by atoms with Crippen molar-refractivity contribution in [3.63, 3.8) is 0 Å². The minimum absolute atomic E-state index is 0.0283. The monoisotopic (exact) mass is 527 g/mol. The van der Waals surface area contributed by atoms with Crippen LogP contribution in [0.1, 0.15) is 28.8 Å². The molecule has 0 radical (unpaired) electrons. The number of hydrogen-bond acceptors (Lipinski definition) is 7. The van der Waals surface area contributed by atoms with Crippen molar-refractivity contribution in [2.45, 2.75) is 25.0 Å². The molecule has 11 heteroatoms. The Morgan fingerprint density at radius 3 is 2.58 bits per heavy atom. The van der Waals surface area contributed by atoms with Gasteiger partial charge >= 0.3 is 0 Å². The van der Waals surface area contributed by atoms with E-state index in [0.717, 1.165) is 18.2 Å². The standard InChI is InChI=1S/C27H24F3N3O5/c1-36-22-11-32-27-23(25(22)33-14-6-7-15(12-34)37-13-14)17(10-31-27)26(35)24-19(29)8-16(9-20(24)30)38-21-5-3-2-4-18(21)28/h2-5,8-11,14-15,34H,6-7,12-13H2,1H3,(H2,31,32,33)/t14-,15+/m1/s1. The highest BCUT2D eigenvalue weighted by Gasteiger charge is 2.28. The first kappa shape index (κ1) is 25.6. The molecule has 0 amide bonds. The number of hydrogen-bond donors (Lipinski definition) is 3. The Morgan fingerprint density at radius 2 is 1.92 bits per heavy atom. The number of rotatable bonds is 8. The second kappa shape index (κ2) is 10.7. The number of anilines is 1. The summed E-state index contributed by atoms with van der Waals surface area (Å²) >= 11 is 0. The summed E-state index contributed by atoms with van der Waals surface area (Å²) in [5.74, 6) is -4.16. The summed E-state index contributed by atoms with van der Waals surface area (Å²) in [5, 5.41) is 12.9. The molecule has 3 N–H and O–H groups in total. The van der Waals surface area contributed by atoms with Crippen LogP contribution in [0.15, 0.2) is 48.8 Å². The predicted molar refractivity (Wildman–Crippen MR) is 132 cm³/mol. The summed E-state index contributed by atoms with van der Waals surface area (Å²) in [4.78, 5) is 20.6. The van der Waals surface area contributed by atoms with Gasteiger partial charge in [-0.1, -0.05) is 12.1 Å². The highest BCUT2D eigenvalue weighted by Crippen LogP contribution is 2.37. The van der Waals surface area contributed by atoms with Gasteiger partial charge in [0.25, 0.3) is 0 Å². The quantitative estimate of drug-likeness (QED) is 0.278. The smallest absolute Gasteiger partial charge is 0.201 e. The number of fused-ring (bicyclic) bond motifs is 1. The van der Waals surface area contributed by atoms with Crippen LogP contribution >= 0.6 is 0 Å². The number of nitrogens with one attached hydrogen (secondary N) is 2. The van der Waals surface area contributed by atoms with Gasteiger partial charge in [0.05, 0.1) is 54.8 Å². The number of carbonyl (C=O) groups is 1. The molecule has 0 aliphatic carbocycles. The molecule has 38 heavy (non-hydrogen) atoms. The van der Waals surface area contributed by atoms with Crippen molar-refractivity contribution in [1.82, 2.24) is 9.97 Å². The number of aliphatic hydroxyl groups is 1. The second-order valence-corrected chi connectivity index (χ2v) is 8.81.